The molecular weight excluding hydrogens is 448 g/mol. The van der Waals surface area contributed by atoms with Crippen molar-refractivity contribution in [2.45, 2.75) is 38.0 Å². The average molecular weight is 479 g/mol. The lowest BCUT2D eigenvalue weighted by Gasteiger charge is -2.25. The van der Waals surface area contributed by atoms with Crippen LogP contribution in [0.1, 0.15) is 37.1 Å². The van der Waals surface area contributed by atoms with Gasteiger partial charge in [-0.2, -0.15) is 0 Å². The largest absolute Gasteiger partial charge is 0.335 e. The molecule has 4 rings (SSSR count). The summed E-state index contributed by atoms with van der Waals surface area (Å²) in [6.45, 7) is 4.30. The highest BCUT2D eigenvalue weighted by Crippen LogP contribution is 2.32. The Morgan fingerprint density at radius 3 is 2.41 bits per heavy atom. The summed E-state index contributed by atoms with van der Waals surface area (Å²) in [6.07, 6.45) is 1.93. The first-order valence-corrected chi connectivity index (χ1v) is 12.5. The highest BCUT2D eigenvalue weighted by atomic mass is 32.2. The number of thioether (sulfide) groups is 1. The van der Waals surface area contributed by atoms with E-state index in [0.717, 1.165) is 30.6 Å². The topological polar surface area (TPSA) is 76.3 Å². The Balaban J connectivity index is 1.39. The van der Waals surface area contributed by atoms with Crippen LogP contribution in [0, 0.1) is 6.92 Å². The molecule has 0 bridgehead atoms. The maximum atomic E-state index is 13.0. The molecule has 34 heavy (non-hydrogen) atoms. The molecule has 0 radical (unpaired) electrons. The fraction of sp³-hybridized carbons (Fsp3) is 0.346. The average Bonchev–Trinajstić information content (AvgIpc) is 3.43. The molecule has 1 saturated heterocycles. The summed E-state index contributed by atoms with van der Waals surface area (Å²) < 4.78 is 3.26. The number of anilines is 1. The number of carbonyl (C=O) groups is 2. The Hall–Kier alpha value is -3.26. The van der Waals surface area contributed by atoms with Crippen LogP contribution in [0.25, 0.3) is 5.69 Å². The summed E-state index contributed by atoms with van der Waals surface area (Å²) in [6, 6.07) is 19.5. The third-order valence-corrected chi connectivity index (χ3v) is 7.51. The molecule has 2 amide bonds. The number of amides is 2. The normalized spacial score (nSPS) is 16.4. The van der Waals surface area contributed by atoms with E-state index in [9.17, 15) is 14.4 Å². The van der Waals surface area contributed by atoms with Crippen molar-refractivity contribution >= 4 is 29.3 Å². The maximum Gasteiger partial charge on any atom is 0.295 e. The Kier molecular flexibility index (Phi) is 7.26. The molecule has 2 heterocycles. The van der Waals surface area contributed by atoms with Crippen molar-refractivity contribution in [1.82, 2.24) is 14.3 Å². The molecule has 1 aliphatic heterocycles. The van der Waals surface area contributed by atoms with Gasteiger partial charge in [-0.3, -0.25) is 19.1 Å². The number of nitrogens with zero attached hydrogens (tertiary/aromatic N) is 3. The predicted molar refractivity (Wildman–Crippen MR) is 136 cm³/mol. The number of aromatic nitrogens is 2. The maximum absolute atomic E-state index is 13.0. The van der Waals surface area contributed by atoms with Crippen LogP contribution in [0.15, 0.2) is 65.5 Å². The summed E-state index contributed by atoms with van der Waals surface area (Å²) in [5.74, 6) is -0.0249. The fourth-order valence-electron chi connectivity index (χ4n) is 4.38. The molecule has 2 atom stereocenters. The van der Waals surface area contributed by atoms with Gasteiger partial charge in [-0.05, 0) is 44.4 Å². The molecule has 2 unspecified atom stereocenters. The van der Waals surface area contributed by atoms with E-state index in [1.165, 1.54) is 16.4 Å². The zero-order chi connectivity index (χ0) is 24.2. The minimum absolute atomic E-state index is 0.0401. The van der Waals surface area contributed by atoms with Gasteiger partial charge in [0.05, 0.1) is 28.4 Å². The van der Waals surface area contributed by atoms with Crippen LogP contribution in [0.3, 0.4) is 0 Å². The lowest BCUT2D eigenvalue weighted by molar-refractivity contribution is -0.129. The Bertz CT molecular complexity index is 1220. The van der Waals surface area contributed by atoms with Crippen LogP contribution in [0.4, 0.5) is 5.69 Å². The van der Waals surface area contributed by atoms with E-state index in [1.807, 2.05) is 53.4 Å². The van der Waals surface area contributed by atoms with Crippen LogP contribution in [0.2, 0.25) is 0 Å². The molecular formula is C26H30N4O3S. The predicted octanol–water partition coefficient (Wildman–Crippen LogP) is 3.91. The smallest absolute Gasteiger partial charge is 0.295 e. The lowest BCUT2D eigenvalue weighted by atomic mass is 10.0. The van der Waals surface area contributed by atoms with E-state index in [-0.39, 0.29) is 34.9 Å². The first-order valence-electron chi connectivity index (χ1n) is 11.5. The summed E-state index contributed by atoms with van der Waals surface area (Å²) in [7, 11) is 1.79. The van der Waals surface area contributed by atoms with Crippen molar-refractivity contribution < 1.29 is 9.59 Å². The van der Waals surface area contributed by atoms with Crippen LogP contribution < -0.4 is 10.9 Å². The van der Waals surface area contributed by atoms with Crippen LogP contribution in [-0.2, 0) is 16.6 Å². The molecule has 3 aromatic rings. The third-order valence-electron chi connectivity index (χ3n) is 6.39. The number of para-hydroxylation sites is 1. The molecule has 1 N–H and O–H groups in total. The van der Waals surface area contributed by atoms with Crippen LogP contribution in [-0.4, -0.2) is 43.6 Å². The van der Waals surface area contributed by atoms with Crippen molar-refractivity contribution in [1.29, 1.82) is 0 Å². The van der Waals surface area contributed by atoms with E-state index in [0.29, 0.717) is 5.69 Å². The van der Waals surface area contributed by atoms with E-state index >= 15 is 0 Å². The third kappa shape index (κ3) is 4.82. The lowest BCUT2D eigenvalue weighted by Crippen LogP contribution is -2.33. The van der Waals surface area contributed by atoms with Gasteiger partial charge in [-0.1, -0.05) is 48.5 Å². The van der Waals surface area contributed by atoms with Crippen molar-refractivity contribution in [3.05, 3.63) is 82.3 Å². The van der Waals surface area contributed by atoms with Crippen molar-refractivity contribution in [2.75, 3.05) is 17.6 Å². The van der Waals surface area contributed by atoms with Gasteiger partial charge in [0.15, 0.2) is 0 Å². The van der Waals surface area contributed by atoms with E-state index in [1.54, 1.807) is 25.6 Å². The molecule has 178 valence electrons. The number of carbonyl (C=O) groups excluding carboxylic acids is 2. The van der Waals surface area contributed by atoms with Crippen LogP contribution >= 0.6 is 11.8 Å². The molecule has 1 fully saturated rings. The van der Waals surface area contributed by atoms with Gasteiger partial charge in [0, 0.05) is 13.6 Å². The Labute approximate surface area is 203 Å². The number of nitrogens with one attached hydrogen (secondary N) is 1. The monoisotopic (exact) mass is 478 g/mol. The van der Waals surface area contributed by atoms with Gasteiger partial charge in [0.25, 0.3) is 5.56 Å². The van der Waals surface area contributed by atoms with Gasteiger partial charge in [-0.25, -0.2) is 4.68 Å². The molecule has 0 spiro atoms. The quantitative estimate of drug-likeness (QED) is 0.559. The van der Waals surface area contributed by atoms with Crippen molar-refractivity contribution in [3.8, 4) is 5.69 Å². The van der Waals surface area contributed by atoms with Gasteiger partial charge in [0.2, 0.25) is 11.8 Å². The zero-order valence-electron chi connectivity index (χ0n) is 19.7. The number of rotatable bonds is 7. The summed E-state index contributed by atoms with van der Waals surface area (Å²) in [5, 5.41) is 2.32. The van der Waals surface area contributed by atoms with Crippen molar-refractivity contribution in [3.63, 3.8) is 0 Å². The molecule has 8 heteroatoms. The second-order valence-corrected chi connectivity index (χ2v) is 9.86. The van der Waals surface area contributed by atoms with Gasteiger partial charge in [0.1, 0.15) is 5.69 Å². The van der Waals surface area contributed by atoms with Crippen molar-refractivity contribution in [2.24, 2.45) is 7.05 Å². The minimum Gasteiger partial charge on any atom is -0.335 e. The molecule has 7 nitrogen and oxygen atoms in total. The summed E-state index contributed by atoms with van der Waals surface area (Å²) in [4.78, 5) is 40.8. The molecule has 1 aliphatic rings. The molecule has 1 aromatic heterocycles. The summed E-state index contributed by atoms with van der Waals surface area (Å²) in [5.41, 5.74) is 2.52. The minimum atomic E-state index is -0.481. The first kappa shape index (κ1) is 23.9. The van der Waals surface area contributed by atoms with Gasteiger partial charge < -0.3 is 10.2 Å². The second-order valence-electron chi connectivity index (χ2n) is 8.53. The first-order chi connectivity index (χ1) is 16.4. The summed E-state index contributed by atoms with van der Waals surface area (Å²) >= 11 is 1.30. The Morgan fingerprint density at radius 2 is 1.74 bits per heavy atom. The van der Waals surface area contributed by atoms with Gasteiger partial charge >= 0.3 is 0 Å². The zero-order valence-corrected chi connectivity index (χ0v) is 20.5. The number of hydrogen-bond donors (Lipinski definition) is 1. The standard InChI is InChI=1S/C26H30N4O3S/c1-18-24(26(33)30(28(18)3)21-13-8-5-9-14-21)27-25(32)19(2)34-17-23(31)29-16-10-15-22(29)20-11-6-4-7-12-20/h4-9,11-14,19,22H,10,15-17H2,1-3H3,(H,27,32). The number of hydrogen-bond acceptors (Lipinski definition) is 4. The number of likely N-dealkylation sites (tertiary alicyclic amines) is 1. The Morgan fingerprint density at radius 1 is 1.09 bits per heavy atom. The molecule has 0 saturated carbocycles. The van der Waals surface area contributed by atoms with E-state index in [4.69, 9.17) is 0 Å². The van der Waals surface area contributed by atoms with Crippen LogP contribution in [0.5, 0.6) is 0 Å². The van der Waals surface area contributed by atoms with Gasteiger partial charge in [-0.15, -0.1) is 11.8 Å². The van der Waals surface area contributed by atoms with E-state index < -0.39 is 5.25 Å². The highest BCUT2D eigenvalue weighted by Gasteiger charge is 2.30. The molecule has 0 aliphatic carbocycles. The fourth-order valence-corrected chi connectivity index (χ4v) is 5.15. The number of benzene rings is 2. The van der Waals surface area contributed by atoms with E-state index in [2.05, 4.69) is 17.4 Å². The molecule has 2 aromatic carbocycles. The second kappa shape index (κ2) is 10.3. The SMILES string of the molecule is Cc1c(NC(=O)C(C)SCC(=O)N2CCCC2c2ccccc2)c(=O)n(-c2ccccc2)n1C. The highest BCUT2D eigenvalue weighted by molar-refractivity contribution is 8.01.